The van der Waals surface area contributed by atoms with Crippen LogP contribution in [-0.4, -0.2) is 32.3 Å². The molecule has 1 fully saturated rings. The first-order chi connectivity index (χ1) is 3.93. The molecule has 4 heteroatoms. The summed E-state index contributed by atoms with van der Waals surface area (Å²) in [6.45, 7) is 3.23. The Labute approximate surface area is 61.3 Å². The molecule has 1 saturated heterocycles. The monoisotopic (exact) mass is 152 g/mol. The number of nitrogens with two attached hydrogens (primary N) is 1. The Morgan fingerprint density at radius 3 is 2.78 bits per heavy atom. The van der Waals surface area contributed by atoms with Gasteiger partial charge in [-0.05, 0) is 0 Å². The van der Waals surface area contributed by atoms with Gasteiger partial charge in [0.05, 0.1) is 13.2 Å². The van der Waals surface area contributed by atoms with Crippen LogP contribution < -0.4 is 11.1 Å². The average molecular weight is 153 g/mol. The lowest BCUT2D eigenvalue weighted by Crippen LogP contribution is -2.45. The van der Waals surface area contributed by atoms with E-state index in [9.17, 15) is 0 Å². The third-order valence-corrected chi connectivity index (χ3v) is 1.28. The highest BCUT2D eigenvalue weighted by atomic mass is 35.5. The predicted molar refractivity (Wildman–Crippen MR) is 38.9 cm³/mol. The molecule has 3 nitrogen and oxygen atoms in total. The van der Waals surface area contributed by atoms with Gasteiger partial charge in [-0.15, -0.1) is 12.4 Å². The van der Waals surface area contributed by atoms with Crippen LogP contribution in [0.2, 0.25) is 0 Å². The number of nitrogens with one attached hydrogen (secondary N) is 1. The fourth-order valence-corrected chi connectivity index (χ4v) is 0.771. The number of morpholine rings is 1. The lowest BCUT2D eigenvalue weighted by atomic mass is 10.3. The van der Waals surface area contributed by atoms with Gasteiger partial charge in [-0.3, -0.25) is 0 Å². The Morgan fingerprint density at radius 2 is 2.44 bits per heavy atom. The van der Waals surface area contributed by atoms with Crippen molar-refractivity contribution in [2.45, 2.75) is 6.04 Å². The maximum Gasteiger partial charge on any atom is 0.0632 e. The highest BCUT2D eigenvalue weighted by Crippen LogP contribution is 1.88. The molecule has 0 radical (unpaired) electrons. The van der Waals surface area contributed by atoms with Crippen molar-refractivity contribution in [2.24, 2.45) is 5.73 Å². The molecule has 9 heavy (non-hydrogen) atoms. The molecule has 0 amide bonds. The zero-order valence-corrected chi connectivity index (χ0v) is 6.12. The van der Waals surface area contributed by atoms with Gasteiger partial charge in [-0.25, -0.2) is 0 Å². The van der Waals surface area contributed by atoms with Crippen LogP contribution in [-0.2, 0) is 4.74 Å². The number of rotatable bonds is 1. The van der Waals surface area contributed by atoms with Crippen molar-refractivity contribution in [2.75, 3.05) is 26.3 Å². The van der Waals surface area contributed by atoms with Gasteiger partial charge in [0.15, 0.2) is 0 Å². The lowest BCUT2D eigenvalue weighted by molar-refractivity contribution is 0.0794. The van der Waals surface area contributed by atoms with Crippen LogP contribution in [0.25, 0.3) is 0 Å². The summed E-state index contributed by atoms with van der Waals surface area (Å²) in [5, 5.41) is 3.22. The first-order valence-electron chi connectivity index (χ1n) is 2.94. The van der Waals surface area contributed by atoms with Crippen molar-refractivity contribution >= 4 is 12.4 Å². The molecular formula is C5H13ClN2O. The van der Waals surface area contributed by atoms with Crippen molar-refractivity contribution in [1.29, 1.82) is 0 Å². The summed E-state index contributed by atoms with van der Waals surface area (Å²) < 4.78 is 5.13. The molecule has 1 rings (SSSR count). The Hall–Kier alpha value is 0.170. The van der Waals surface area contributed by atoms with E-state index in [2.05, 4.69) is 5.32 Å². The first kappa shape index (κ1) is 9.17. The van der Waals surface area contributed by atoms with Gasteiger partial charge in [0, 0.05) is 19.1 Å². The summed E-state index contributed by atoms with van der Waals surface area (Å²) >= 11 is 0. The largest absolute Gasteiger partial charge is 0.378 e. The second-order valence-electron chi connectivity index (χ2n) is 1.96. The Bertz CT molecular complexity index is 66.0. The molecule has 0 aromatic heterocycles. The van der Waals surface area contributed by atoms with E-state index in [0.29, 0.717) is 12.6 Å². The maximum absolute atomic E-state index is 5.36. The summed E-state index contributed by atoms with van der Waals surface area (Å²) in [5.41, 5.74) is 5.36. The van der Waals surface area contributed by atoms with Crippen molar-refractivity contribution in [3.63, 3.8) is 0 Å². The maximum atomic E-state index is 5.36. The molecule has 3 N–H and O–H groups in total. The number of ether oxygens (including phenoxy) is 1. The van der Waals surface area contributed by atoms with E-state index in [1.165, 1.54) is 0 Å². The fourth-order valence-electron chi connectivity index (χ4n) is 0.771. The minimum atomic E-state index is 0. The third kappa shape index (κ3) is 3.01. The van der Waals surface area contributed by atoms with E-state index in [0.717, 1.165) is 19.8 Å². The molecule has 0 aromatic carbocycles. The molecule has 1 heterocycles. The van der Waals surface area contributed by atoms with Gasteiger partial charge >= 0.3 is 0 Å². The fraction of sp³-hybridized carbons (Fsp3) is 1.00. The van der Waals surface area contributed by atoms with Crippen LogP contribution in [0.3, 0.4) is 0 Å². The van der Waals surface area contributed by atoms with Crippen molar-refractivity contribution in [3.8, 4) is 0 Å². The molecule has 0 unspecified atom stereocenters. The zero-order chi connectivity index (χ0) is 5.82. The second-order valence-corrected chi connectivity index (χ2v) is 1.96. The van der Waals surface area contributed by atoms with E-state index < -0.39 is 0 Å². The minimum Gasteiger partial charge on any atom is -0.378 e. The second kappa shape index (κ2) is 4.99. The number of halogens is 1. The third-order valence-electron chi connectivity index (χ3n) is 1.28. The Balaban J connectivity index is 0.000000640. The number of hydrogen-bond donors (Lipinski definition) is 2. The van der Waals surface area contributed by atoms with Crippen molar-refractivity contribution in [1.82, 2.24) is 5.32 Å². The first-order valence-corrected chi connectivity index (χ1v) is 2.94. The summed E-state index contributed by atoms with van der Waals surface area (Å²) in [5.74, 6) is 0. The smallest absolute Gasteiger partial charge is 0.0632 e. The molecule has 0 aromatic rings. The minimum absolute atomic E-state index is 0. The van der Waals surface area contributed by atoms with E-state index in [4.69, 9.17) is 10.5 Å². The van der Waals surface area contributed by atoms with Crippen LogP contribution in [0.1, 0.15) is 0 Å². The molecule has 0 bridgehead atoms. The summed E-state index contributed by atoms with van der Waals surface area (Å²) in [7, 11) is 0. The van der Waals surface area contributed by atoms with E-state index in [-0.39, 0.29) is 12.4 Å². The molecule has 1 aliphatic heterocycles. The molecule has 0 aliphatic carbocycles. The highest BCUT2D eigenvalue weighted by molar-refractivity contribution is 5.85. The molecule has 1 atom stereocenters. The topological polar surface area (TPSA) is 47.3 Å². The molecule has 1 aliphatic rings. The van der Waals surface area contributed by atoms with Crippen LogP contribution >= 0.6 is 12.4 Å². The molecule has 56 valence electrons. The molecule has 0 saturated carbocycles. The number of hydrogen-bond acceptors (Lipinski definition) is 3. The van der Waals surface area contributed by atoms with Gasteiger partial charge in [-0.2, -0.15) is 0 Å². The standard InChI is InChI=1S/C5H12N2O.ClH/c6-3-5-4-8-2-1-7-5;/h5,7H,1-4,6H2;1H/t5-;/m1./s1. The van der Waals surface area contributed by atoms with Gasteiger partial charge in [-0.1, -0.05) is 0 Å². The quantitative estimate of drug-likeness (QED) is 0.525. The normalized spacial score (nSPS) is 27.0. The van der Waals surface area contributed by atoms with Gasteiger partial charge in [0.2, 0.25) is 0 Å². The van der Waals surface area contributed by atoms with Gasteiger partial charge in [0.25, 0.3) is 0 Å². The Morgan fingerprint density at radius 1 is 1.67 bits per heavy atom. The lowest BCUT2D eigenvalue weighted by Gasteiger charge is -2.21. The van der Waals surface area contributed by atoms with Crippen LogP contribution in [0.4, 0.5) is 0 Å². The van der Waals surface area contributed by atoms with E-state index in [1.807, 2.05) is 0 Å². The van der Waals surface area contributed by atoms with E-state index in [1.54, 1.807) is 0 Å². The SMILES string of the molecule is Cl.NC[C@@H]1COCCN1. The van der Waals surface area contributed by atoms with Crippen LogP contribution in [0.15, 0.2) is 0 Å². The summed E-state index contributed by atoms with van der Waals surface area (Å²) in [6, 6.07) is 0.392. The summed E-state index contributed by atoms with van der Waals surface area (Å²) in [4.78, 5) is 0. The highest BCUT2D eigenvalue weighted by Gasteiger charge is 2.08. The van der Waals surface area contributed by atoms with Crippen molar-refractivity contribution in [3.05, 3.63) is 0 Å². The average Bonchev–Trinajstić information content (AvgIpc) is 1.90. The van der Waals surface area contributed by atoms with Crippen LogP contribution in [0.5, 0.6) is 0 Å². The van der Waals surface area contributed by atoms with Crippen molar-refractivity contribution < 1.29 is 4.74 Å². The zero-order valence-electron chi connectivity index (χ0n) is 5.30. The summed E-state index contributed by atoms with van der Waals surface area (Å²) in [6.07, 6.45) is 0. The van der Waals surface area contributed by atoms with Gasteiger partial charge < -0.3 is 15.8 Å². The molecule has 0 spiro atoms. The van der Waals surface area contributed by atoms with E-state index >= 15 is 0 Å². The predicted octanol–water partition coefficient (Wildman–Crippen LogP) is -0.645. The van der Waals surface area contributed by atoms with Crippen LogP contribution in [0, 0.1) is 0 Å². The Kier molecular flexibility index (Phi) is 5.09. The molecular weight excluding hydrogens is 140 g/mol. The van der Waals surface area contributed by atoms with Gasteiger partial charge in [0.1, 0.15) is 0 Å².